The fourth-order valence-electron chi connectivity index (χ4n) is 8.03. The largest absolute Gasteiger partial charge is 0.338 e. The molecular formula is C45H38Cl2N8. The molecular weight excluding hydrogens is 723 g/mol. The van der Waals surface area contributed by atoms with Crippen LogP contribution < -0.4 is 0 Å². The van der Waals surface area contributed by atoms with Crippen LogP contribution >= 0.6 is 23.2 Å². The molecule has 0 atom stereocenters. The first kappa shape index (κ1) is 34.8. The van der Waals surface area contributed by atoms with Crippen molar-refractivity contribution >= 4 is 45.0 Å². The molecule has 4 aromatic heterocycles. The number of fused-ring (bicyclic) bond motifs is 2. The summed E-state index contributed by atoms with van der Waals surface area (Å²) >= 11 is 12.3. The van der Waals surface area contributed by atoms with Gasteiger partial charge in [0.25, 0.3) is 0 Å². The normalized spacial score (nSPS) is 11.7. The zero-order chi connectivity index (χ0) is 37.5. The lowest BCUT2D eigenvalue weighted by Crippen LogP contribution is -2.09. The zero-order valence-corrected chi connectivity index (χ0v) is 32.0. The summed E-state index contributed by atoms with van der Waals surface area (Å²) in [5.41, 5.74) is 12.6. The van der Waals surface area contributed by atoms with Crippen molar-refractivity contribution in [3.05, 3.63) is 200 Å². The molecule has 0 saturated heterocycles. The Kier molecular flexibility index (Phi) is 9.30. The second kappa shape index (κ2) is 14.7. The van der Waals surface area contributed by atoms with E-state index < -0.39 is 0 Å². The van der Waals surface area contributed by atoms with Crippen molar-refractivity contribution in [2.45, 2.75) is 45.9 Å². The minimum atomic E-state index is -0.0420. The van der Waals surface area contributed by atoms with Gasteiger partial charge in [-0.05, 0) is 78.1 Å². The van der Waals surface area contributed by atoms with E-state index in [0.717, 1.165) is 32.6 Å². The summed E-state index contributed by atoms with van der Waals surface area (Å²) < 4.78 is 8.57. The Labute approximate surface area is 329 Å². The molecule has 5 aromatic carbocycles. The SMILES string of the molecule is Cc1c(C(c2ccccc2)c2c(C)n(Cc3cn(Cc4ccc(Cl)cc4)nn3)c3ccccc23)c2ccccc2n1Cc1cn(Cc2ccc(Cl)cc2)nn1. The van der Waals surface area contributed by atoms with E-state index in [2.05, 4.69) is 122 Å². The molecule has 0 bridgehead atoms. The topological polar surface area (TPSA) is 71.3 Å². The number of hydrogen-bond donors (Lipinski definition) is 0. The predicted molar refractivity (Wildman–Crippen MR) is 220 cm³/mol. The van der Waals surface area contributed by atoms with Gasteiger partial charge in [0.15, 0.2) is 0 Å². The molecule has 0 unspecified atom stereocenters. The Hall–Kier alpha value is -5.96. The number of rotatable bonds is 11. The summed E-state index contributed by atoms with van der Waals surface area (Å²) in [7, 11) is 0. The Morgan fingerprint density at radius 3 is 1.36 bits per heavy atom. The standard InChI is InChI=1S/C45H38Cl2N8/c1-30-43(39-12-6-8-14-41(39)54(30)28-37-26-52(50-48-37)24-32-16-20-35(46)21-17-32)45(34-10-4-3-5-11-34)44-31(2)55(42-15-9-7-13-40(42)44)29-38-27-53(51-49-38)25-33-18-22-36(47)23-19-33/h3-23,26-27,45H,24-25,28-29H2,1-2H3. The van der Waals surface area contributed by atoms with Crippen LogP contribution in [0.4, 0.5) is 0 Å². The summed E-state index contributed by atoms with van der Waals surface area (Å²) in [6.45, 7) is 6.94. The van der Waals surface area contributed by atoms with Crippen molar-refractivity contribution < 1.29 is 0 Å². The molecule has 55 heavy (non-hydrogen) atoms. The fourth-order valence-corrected chi connectivity index (χ4v) is 8.28. The average molecular weight is 762 g/mol. The predicted octanol–water partition coefficient (Wildman–Crippen LogP) is 10.1. The maximum atomic E-state index is 6.13. The van der Waals surface area contributed by atoms with Crippen LogP contribution in [0.25, 0.3) is 21.8 Å². The fraction of sp³-hybridized carbons (Fsp3) is 0.156. The van der Waals surface area contributed by atoms with E-state index in [1.165, 1.54) is 49.9 Å². The minimum Gasteiger partial charge on any atom is -0.338 e. The molecule has 4 heterocycles. The van der Waals surface area contributed by atoms with Gasteiger partial charge in [0.1, 0.15) is 11.4 Å². The molecule has 0 saturated carbocycles. The number of nitrogens with zero attached hydrogens (tertiary/aromatic N) is 8. The Morgan fingerprint density at radius 2 is 0.909 bits per heavy atom. The highest BCUT2D eigenvalue weighted by Gasteiger charge is 2.30. The molecule has 10 heteroatoms. The van der Waals surface area contributed by atoms with E-state index in [4.69, 9.17) is 23.2 Å². The molecule has 0 aliphatic carbocycles. The van der Waals surface area contributed by atoms with Gasteiger partial charge < -0.3 is 9.13 Å². The molecule has 0 amide bonds. The second-order valence-corrected chi connectivity index (χ2v) is 15.0. The van der Waals surface area contributed by atoms with Gasteiger partial charge in [-0.2, -0.15) is 0 Å². The first-order valence-electron chi connectivity index (χ1n) is 18.4. The lowest BCUT2D eigenvalue weighted by Gasteiger charge is -2.21. The van der Waals surface area contributed by atoms with Crippen LogP contribution in [0.5, 0.6) is 0 Å². The van der Waals surface area contributed by atoms with Crippen molar-refractivity contribution in [1.82, 2.24) is 39.1 Å². The third kappa shape index (κ3) is 6.84. The molecule has 0 radical (unpaired) electrons. The minimum absolute atomic E-state index is 0.0420. The highest BCUT2D eigenvalue weighted by molar-refractivity contribution is 6.30. The second-order valence-electron chi connectivity index (χ2n) is 14.1. The number of hydrogen-bond acceptors (Lipinski definition) is 4. The molecule has 0 fully saturated rings. The Balaban J connectivity index is 1.12. The van der Waals surface area contributed by atoms with Gasteiger partial charge in [0, 0.05) is 49.2 Å². The highest BCUT2D eigenvalue weighted by atomic mass is 35.5. The summed E-state index contributed by atoms with van der Waals surface area (Å²) in [6.07, 6.45) is 4.08. The van der Waals surface area contributed by atoms with Crippen LogP contribution in [0.2, 0.25) is 10.0 Å². The lowest BCUT2D eigenvalue weighted by atomic mass is 9.82. The van der Waals surface area contributed by atoms with E-state index in [1.54, 1.807) is 0 Å². The van der Waals surface area contributed by atoms with Gasteiger partial charge in [0.05, 0.1) is 38.6 Å². The van der Waals surface area contributed by atoms with Gasteiger partial charge >= 0.3 is 0 Å². The molecule has 272 valence electrons. The van der Waals surface area contributed by atoms with Crippen LogP contribution in [-0.4, -0.2) is 39.1 Å². The highest BCUT2D eigenvalue weighted by Crippen LogP contribution is 2.44. The third-order valence-electron chi connectivity index (χ3n) is 10.6. The van der Waals surface area contributed by atoms with Crippen LogP contribution in [0.15, 0.2) is 140 Å². The van der Waals surface area contributed by atoms with Crippen LogP contribution in [0.3, 0.4) is 0 Å². The van der Waals surface area contributed by atoms with Crippen molar-refractivity contribution in [2.24, 2.45) is 0 Å². The van der Waals surface area contributed by atoms with Crippen LogP contribution in [0.1, 0.15) is 56.5 Å². The number of benzene rings is 5. The van der Waals surface area contributed by atoms with Crippen LogP contribution in [0, 0.1) is 13.8 Å². The molecule has 9 aromatic rings. The van der Waals surface area contributed by atoms with Crippen molar-refractivity contribution in [3.63, 3.8) is 0 Å². The molecule has 0 spiro atoms. The quantitative estimate of drug-likeness (QED) is 0.132. The molecule has 0 aliphatic rings. The lowest BCUT2D eigenvalue weighted by molar-refractivity contribution is 0.648. The summed E-state index contributed by atoms with van der Waals surface area (Å²) in [4.78, 5) is 0. The monoisotopic (exact) mass is 760 g/mol. The molecule has 8 nitrogen and oxygen atoms in total. The first-order valence-corrected chi connectivity index (χ1v) is 19.1. The smallest absolute Gasteiger partial charge is 0.102 e. The van der Waals surface area contributed by atoms with Gasteiger partial charge in [-0.1, -0.05) is 125 Å². The summed E-state index contributed by atoms with van der Waals surface area (Å²) in [5, 5.41) is 22.1. The molecule has 9 rings (SSSR count). The Morgan fingerprint density at radius 1 is 0.491 bits per heavy atom. The Bertz CT molecular complexity index is 2580. The first-order chi connectivity index (χ1) is 26.9. The van der Waals surface area contributed by atoms with Gasteiger partial charge in [-0.3, -0.25) is 0 Å². The van der Waals surface area contributed by atoms with Crippen molar-refractivity contribution in [3.8, 4) is 0 Å². The van der Waals surface area contributed by atoms with E-state index in [1.807, 2.05) is 70.3 Å². The summed E-state index contributed by atoms with van der Waals surface area (Å²) in [5.74, 6) is -0.0420. The van der Waals surface area contributed by atoms with Gasteiger partial charge in [-0.25, -0.2) is 9.36 Å². The van der Waals surface area contributed by atoms with Gasteiger partial charge in [-0.15, -0.1) is 10.2 Å². The third-order valence-corrected chi connectivity index (χ3v) is 11.1. The number of para-hydroxylation sites is 2. The maximum absolute atomic E-state index is 6.13. The van der Waals surface area contributed by atoms with E-state index in [9.17, 15) is 0 Å². The van der Waals surface area contributed by atoms with Gasteiger partial charge in [0.2, 0.25) is 0 Å². The molecule has 0 N–H and O–H groups in total. The maximum Gasteiger partial charge on any atom is 0.102 e. The van der Waals surface area contributed by atoms with Crippen molar-refractivity contribution in [1.29, 1.82) is 0 Å². The van der Waals surface area contributed by atoms with Crippen LogP contribution in [-0.2, 0) is 26.2 Å². The molecule has 0 aliphatic heterocycles. The zero-order valence-electron chi connectivity index (χ0n) is 30.5. The number of aromatic nitrogens is 8. The van der Waals surface area contributed by atoms with E-state index in [-0.39, 0.29) is 5.92 Å². The number of halogens is 2. The average Bonchev–Trinajstić information content (AvgIpc) is 3.97. The van der Waals surface area contributed by atoms with E-state index >= 15 is 0 Å². The van der Waals surface area contributed by atoms with E-state index in [0.29, 0.717) is 26.2 Å². The van der Waals surface area contributed by atoms with Crippen molar-refractivity contribution in [2.75, 3.05) is 0 Å². The summed E-state index contributed by atoms with van der Waals surface area (Å²) in [6, 6.07) is 44.1.